The SMILES string of the molecule is CCOc1ncccc1CCC(=O)Cc1cc2c(c(CO)n1)C(OC)=NC2. The van der Waals surface area contributed by atoms with E-state index in [-0.39, 0.29) is 18.8 Å². The van der Waals surface area contributed by atoms with Crippen molar-refractivity contribution < 1.29 is 19.4 Å². The summed E-state index contributed by atoms with van der Waals surface area (Å²) in [6, 6.07) is 5.63. The number of aliphatic hydroxyl groups excluding tert-OH is 1. The van der Waals surface area contributed by atoms with E-state index in [9.17, 15) is 9.90 Å². The number of carbonyl (C=O) groups is 1. The fourth-order valence-corrected chi connectivity index (χ4v) is 3.16. The monoisotopic (exact) mass is 369 g/mol. The molecular weight excluding hydrogens is 346 g/mol. The van der Waals surface area contributed by atoms with Gasteiger partial charge in [0.1, 0.15) is 5.78 Å². The van der Waals surface area contributed by atoms with Crippen LogP contribution in [0.2, 0.25) is 0 Å². The number of aliphatic hydroxyl groups is 1. The largest absolute Gasteiger partial charge is 0.481 e. The first-order valence-corrected chi connectivity index (χ1v) is 8.96. The number of hydrogen-bond acceptors (Lipinski definition) is 7. The zero-order valence-electron chi connectivity index (χ0n) is 15.6. The summed E-state index contributed by atoms with van der Waals surface area (Å²) in [7, 11) is 1.54. The highest BCUT2D eigenvalue weighted by Crippen LogP contribution is 2.24. The molecule has 1 N–H and O–H groups in total. The smallest absolute Gasteiger partial charge is 0.218 e. The number of aliphatic imine (C=N–C) groups is 1. The van der Waals surface area contributed by atoms with Crippen LogP contribution in [0.25, 0.3) is 0 Å². The van der Waals surface area contributed by atoms with Crippen LogP contribution in [0, 0.1) is 0 Å². The highest BCUT2D eigenvalue weighted by Gasteiger charge is 2.23. The third-order valence-electron chi connectivity index (χ3n) is 4.36. The predicted octanol–water partition coefficient (Wildman–Crippen LogP) is 2.02. The van der Waals surface area contributed by atoms with E-state index < -0.39 is 0 Å². The molecule has 0 aliphatic carbocycles. The van der Waals surface area contributed by atoms with Crippen LogP contribution in [0.4, 0.5) is 0 Å². The molecule has 0 unspecified atom stereocenters. The van der Waals surface area contributed by atoms with Crippen molar-refractivity contribution in [2.24, 2.45) is 4.99 Å². The van der Waals surface area contributed by atoms with Crippen molar-refractivity contribution in [3.05, 3.63) is 52.5 Å². The molecule has 0 radical (unpaired) electrons. The van der Waals surface area contributed by atoms with Gasteiger partial charge >= 0.3 is 0 Å². The van der Waals surface area contributed by atoms with E-state index in [1.54, 1.807) is 13.3 Å². The first-order valence-electron chi connectivity index (χ1n) is 8.96. The van der Waals surface area contributed by atoms with Gasteiger partial charge < -0.3 is 14.6 Å². The van der Waals surface area contributed by atoms with Crippen LogP contribution in [0.3, 0.4) is 0 Å². The summed E-state index contributed by atoms with van der Waals surface area (Å²) >= 11 is 0. The van der Waals surface area contributed by atoms with Gasteiger partial charge in [-0.25, -0.2) is 9.98 Å². The molecule has 0 atom stereocenters. The van der Waals surface area contributed by atoms with E-state index in [1.807, 2.05) is 25.1 Å². The molecule has 1 aliphatic rings. The Hall–Kier alpha value is -2.80. The average Bonchev–Trinajstić information content (AvgIpc) is 3.10. The third-order valence-corrected chi connectivity index (χ3v) is 4.36. The first-order chi connectivity index (χ1) is 13.2. The van der Waals surface area contributed by atoms with Crippen LogP contribution in [0.1, 0.15) is 41.4 Å². The quantitative estimate of drug-likeness (QED) is 0.765. The van der Waals surface area contributed by atoms with Gasteiger partial charge in [-0.15, -0.1) is 0 Å². The number of Topliss-reactive ketones (excluding diaryl/α,β-unsaturated/α-hetero) is 1. The van der Waals surface area contributed by atoms with Gasteiger partial charge in [-0.2, -0.15) is 0 Å². The van der Waals surface area contributed by atoms with E-state index in [0.29, 0.717) is 49.2 Å². The number of rotatable bonds is 8. The lowest BCUT2D eigenvalue weighted by Crippen LogP contribution is -2.12. The minimum Gasteiger partial charge on any atom is -0.481 e. The summed E-state index contributed by atoms with van der Waals surface area (Å²) in [5, 5.41) is 9.63. The second kappa shape index (κ2) is 8.73. The summed E-state index contributed by atoms with van der Waals surface area (Å²) in [6.07, 6.45) is 2.83. The number of aromatic nitrogens is 2. The van der Waals surface area contributed by atoms with E-state index in [0.717, 1.165) is 16.7 Å². The Bertz CT molecular complexity index is 864. The molecule has 142 valence electrons. The van der Waals surface area contributed by atoms with Crippen LogP contribution >= 0.6 is 0 Å². The predicted molar refractivity (Wildman–Crippen MR) is 99.8 cm³/mol. The molecule has 1 aliphatic heterocycles. The Kier molecular flexibility index (Phi) is 6.13. The van der Waals surface area contributed by atoms with Gasteiger partial charge in [0, 0.05) is 30.3 Å². The standard InChI is InChI=1S/C20H23N3O4/c1-3-27-19-13(5-4-8-21-19)6-7-16(25)10-15-9-14-11-22-20(26-2)18(14)17(12-24)23-15/h4-5,8-9,24H,3,6-7,10-12H2,1-2H3. The topological polar surface area (TPSA) is 93.9 Å². The van der Waals surface area contributed by atoms with Crippen LogP contribution in [0.15, 0.2) is 29.4 Å². The Labute approximate surface area is 158 Å². The van der Waals surface area contributed by atoms with Crippen molar-refractivity contribution in [3.63, 3.8) is 0 Å². The number of aryl methyl sites for hydroxylation is 1. The number of hydrogen-bond donors (Lipinski definition) is 1. The number of fused-ring (bicyclic) bond motifs is 1. The van der Waals surface area contributed by atoms with Gasteiger partial charge in [-0.3, -0.25) is 9.78 Å². The highest BCUT2D eigenvalue weighted by molar-refractivity contribution is 5.98. The second-order valence-corrected chi connectivity index (χ2v) is 6.19. The molecule has 7 nitrogen and oxygen atoms in total. The van der Waals surface area contributed by atoms with Gasteiger partial charge in [0.15, 0.2) is 0 Å². The molecule has 0 saturated carbocycles. The fourth-order valence-electron chi connectivity index (χ4n) is 3.16. The van der Waals surface area contributed by atoms with Crippen LogP contribution in [-0.2, 0) is 35.5 Å². The lowest BCUT2D eigenvalue weighted by molar-refractivity contribution is -0.118. The van der Waals surface area contributed by atoms with Gasteiger partial charge in [0.2, 0.25) is 11.8 Å². The molecular formula is C20H23N3O4. The minimum absolute atomic E-state index is 0.0727. The molecule has 0 bridgehead atoms. The fraction of sp³-hybridized carbons (Fsp3) is 0.400. The molecule has 3 heterocycles. The Balaban J connectivity index is 1.67. The number of nitrogens with zero attached hydrogens (tertiary/aromatic N) is 3. The normalized spacial score (nSPS) is 12.5. The molecule has 7 heteroatoms. The van der Waals surface area contributed by atoms with Crippen molar-refractivity contribution in [3.8, 4) is 5.88 Å². The van der Waals surface area contributed by atoms with Crippen molar-refractivity contribution in [2.75, 3.05) is 13.7 Å². The number of ketones is 1. The lowest BCUT2D eigenvalue weighted by Gasteiger charge is -2.10. The Morgan fingerprint density at radius 2 is 2.22 bits per heavy atom. The lowest BCUT2D eigenvalue weighted by atomic mass is 10.0. The zero-order chi connectivity index (χ0) is 19.2. The number of ether oxygens (including phenoxy) is 2. The maximum absolute atomic E-state index is 12.5. The van der Waals surface area contributed by atoms with Gasteiger partial charge in [0.25, 0.3) is 0 Å². The summed E-state index contributed by atoms with van der Waals surface area (Å²) < 4.78 is 10.7. The van der Waals surface area contributed by atoms with Crippen LogP contribution in [-0.4, -0.2) is 40.5 Å². The number of pyridine rings is 2. The number of carbonyl (C=O) groups excluding carboxylic acids is 1. The Morgan fingerprint density at radius 3 is 2.96 bits per heavy atom. The Morgan fingerprint density at radius 1 is 1.37 bits per heavy atom. The van der Waals surface area contributed by atoms with Crippen LogP contribution in [0.5, 0.6) is 5.88 Å². The molecule has 0 spiro atoms. The molecule has 0 fully saturated rings. The van der Waals surface area contributed by atoms with Crippen molar-refractivity contribution >= 4 is 11.7 Å². The van der Waals surface area contributed by atoms with Gasteiger partial charge in [0.05, 0.1) is 38.1 Å². The molecule has 0 saturated heterocycles. The van der Waals surface area contributed by atoms with Gasteiger partial charge in [-0.05, 0) is 31.0 Å². The molecule has 0 amide bonds. The first kappa shape index (κ1) is 19.0. The van der Waals surface area contributed by atoms with Gasteiger partial charge in [-0.1, -0.05) is 6.07 Å². The summed E-state index contributed by atoms with van der Waals surface area (Å²) in [5.41, 5.74) is 3.74. The van der Waals surface area contributed by atoms with E-state index >= 15 is 0 Å². The molecule has 3 rings (SSSR count). The average molecular weight is 369 g/mol. The van der Waals surface area contributed by atoms with E-state index in [2.05, 4.69) is 15.0 Å². The number of methoxy groups -OCH3 is 1. The zero-order valence-corrected chi connectivity index (χ0v) is 15.6. The second-order valence-electron chi connectivity index (χ2n) is 6.19. The van der Waals surface area contributed by atoms with E-state index in [1.165, 1.54) is 0 Å². The summed E-state index contributed by atoms with van der Waals surface area (Å²) in [4.78, 5) is 25.4. The summed E-state index contributed by atoms with van der Waals surface area (Å²) in [5.74, 6) is 1.14. The van der Waals surface area contributed by atoms with Crippen molar-refractivity contribution in [2.45, 2.75) is 39.3 Å². The third kappa shape index (κ3) is 4.31. The van der Waals surface area contributed by atoms with Crippen molar-refractivity contribution in [1.29, 1.82) is 0 Å². The molecule has 2 aromatic heterocycles. The summed E-state index contributed by atoms with van der Waals surface area (Å²) in [6.45, 7) is 2.69. The highest BCUT2D eigenvalue weighted by atomic mass is 16.5. The maximum Gasteiger partial charge on any atom is 0.218 e. The minimum atomic E-state index is -0.222. The molecule has 27 heavy (non-hydrogen) atoms. The maximum atomic E-state index is 12.5. The van der Waals surface area contributed by atoms with Crippen LogP contribution < -0.4 is 4.74 Å². The van der Waals surface area contributed by atoms with E-state index in [4.69, 9.17) is 9.47 Å². The van der Waals surface area contributed by atoms with Crippen molar-refractivity contribution in [1.82, 2.24) is 9.97 Å². The molecule has 2 aromatic rings. The molecule has 0 aromatic carbocycles.